The van der Waals surface area contributed by atoms with Crippen molar-refractivity contribution in [1.29, 1.82) is 0 Å². The van der Waals surface area contributed by atoms with E-state index in [1.165, 1.54) is 5.56 Å². The second-order valence-electron chi connectivity index (χ2n) is 7.85. The lowest BCUT2D eigenvalue weighted by Gasteiger charge is -2.39. The van der Waals surface area contributed by atoms with Crippen molar-refractivity contribution in [2.45, 2.75) is 44.7 Å². The smallest absolute Gasteiger partial charge is 0.258 e. The number of hydrogen-bond acceptors (Lipinski definition) is 5. The first kappa shape index (κ1) is 18.9. The molecule has 0 radical (unpaired) electrons. The summed E-state index contributed by atoms with van der Waals surface area (Å²) in [6.45, 7) is 2.93. The molecule has 148 valence electrons. The predicted molar refractivity (Wildman–Crippen MR) is 107 cm³/mol. The Labute approximate surface area is 166 Å². The fraction of sp³-hybridized carbons (Fsp3) is 0.500. The van der Waals surface area contributed by atoms with Gasteiger partial charge in [-0.1, -0.05) is 24.6 Å². The lowest BCUT2D eigenvalue weighted by molar-refractivity contribution is -0.124. The maximum atomic E-state index is 12.5. The molecule has 2 aromatic rings. The molecule has 2 aliphatic rings. The Bertz CT molecular complexity index is 783. The lowest BCUT2D eigenvalue weighted by atomic mass is 9.87. The molecule has 0 spiro atoms. The average Bonchev–Trinajstić information content (AvgIpc) is 2.72. The largest absolute Gasteiger partial charge is 0.483 e. The van der Waals surface area contributed by atoms with Gasteiger partial charge in [-0.2, -0.15) is 0 Å². The number of amides is 1. The fourth-order valence-electron chi connectivity index (χ4n) is 4.37. The number of carbonyl (C=O) groups is 1. The summed E-state index contributed by atoms with van der Waals surface area (Å²) < 4.78 is 5.82. The van der Waals surface area contributed by atoms with Gasteiger partial charge in [-0.05, 0) is 43.2 Å². The monoisotopic (exact) mass is 380 g/mol. The van der Waals surface area contributed by atoms with Crippen LogP contribution in [0.25, 0.3) is 0 Å². The number of hydrogen-bond donors (Lipinski definition) is 1. The zero-order valence-corrected chi connectivity index (χ0v) is 16.2. The molecule has 1 amide bonds. The summed E-state index contributed by atoms with van der Waals surface area (Å²) in [6, 6.07) is 8.30. The summed E-state index contributed by atoms with van der Waals surface area (Å²) in [4.78, 5) is 23.2. The van der Waals surface area contributed by atoms with Crippen LogP contribution < -0.4 is 10.1 Å². The number of rotatable bonds is 2. The third-order valence-electron chi connectivity index (χ3n) is 5.79. The molecule has 3 heterocycles. The number of para-hydroxylation sites is 1. The highest BCUT2D eigenvalue weighted by molar-refractivity contribution is 5.78. The quantitative estimate of drug-likeness (QED) is 0.867. The van der Waals surface area contributed by atoms with E-state index in [0.717, 1.165) is 63.1 Å². The summed E-state index contributed by atoms with van der Waals surface area (Å²) in [7, 11) is 0. The van der Waals surface area contributed by atoms with E-state index in [1.54, 1.807) is 6.33 Å². The Morgan fingerprint density at radius 1 is 1.14 bits per heavy atom. The zero-order chi connectivity index (χ0) is 19.2. The van der Waals surface area contributed by atoms with E-state index < -0.39 is 0 Å². The lowest BCUT2D eigenvalue weighted by Crippen LogP contribution is -2.51. The van der Waals surface area contributed by atoms with Crippen LogP contribution in [-0.4, -0.2) is 46.5 Å². The molecule has 4 rings (SSSR count). The van der Waals surface area contributed by atoms with E-state index in [9.17, 15) is 4.79 Å². The topological polar surface area (TPSA) is 67.3 Å². The van der Waals surface area contributed by atoms with Crippen LogP contribution in [0.2, 0.25) is 0 Å². The van der Waals surface area contributed by atoms with Crippen molar-refractivity contribution in [1.82, 2.24) is 20.2 Å². The van der Waals surface area contributed by atoms with Crippen LogP contribution in [-0.2, 0) is 17.8 Å². The highest BCUT2D eigenvalue weighted by atomic mass is 16.5. The summed E-state index contributed by atoms with van der Waals surface area (Å²) in [5.74, 6) is 1.29. The molecule has 1 saturated heterocycles. The summed E-state index contributed by atoms with van der Waals surface area (Å²) in [6.07, 6.45) is 10.8. The van der Waals surface area contributed by atoms with Gasteiger partial charge in [-0.25, -0.2) is 9.97 Å². The Hall–Kier alpha value is -2.47. The molecule has 6 nitrogen and oxygen atoms in total. The number of ether oxygens (including phenoxy) is 1. The number of fused-ring (bicyclic) bond motifs is 2. The van der Waals surface area contributed by atoms with Crippen LogP contribution in [0, 0.1) is 5.92 Å². The minimum absolute atomic E-state index is 0.0183. The normalized spacial score (nSPS) is 23.9. The number of nitrogens with zero attached hydrogens (tertiary/aromatic N) is 3. The molecule has 0 bridgehead atoms. The number of aryl methyl sites for hydroxylation is 1. The number of piperidine rings is 1. The van der Waals surface area contributed by atoms with Gasteiger partial charge < -0.3 is 10.1 Å². The molecule has 0 saturated carbocycles. The molecule has 1 N–H and O–H groups in total. The van der Waals surface area contributed by atoms with Gasteiger partial charge in [0.1, 0.15) is 12.1 Å². The van der Waals surface area contributed by atoms with Crippen molar-refractivity contribution in [2.75, 3.05) is 19.7 Å². The van der Waals surface area contributed by atoms with Gasteiger partial charge in [0.2, 0.25) is 0 Å². The van der Waals surface area contributed by atoms with E-state index in [-0.39, 0.29) is 18.6 Å². The van der Waals surface area contributed by atoms with Crippen molar-refractivity contribution in [2.24, 2.45) is 5.92 Å². The van der Waals surface area contributed by atoms with Gasteiger partial charge in [-0.3, -0.25) is 9.69 Å². The third kappa shape index (κ3) is 4.87. The van der Waals surface area contributed by atoms with Gasteiger partial charge >= 0.3 is 0 Å². The Morgan fingerprint density at radius 2 is 2.00 bits per heavy atom. The molecule has 28 heavy (non-hydrogen) atoms. The van der Waals surface area contributed by atoms with E-state index in [4.69, 9.17) is 4.74 Å². The second kappa shape index (κ2) is 9.15. The first-order valence-electron chi connectivity index (χ1n) is 10.2. The molecule has 2 aliphatic heterocycles. The maximum absolute atomic E-state index is 12.5. The summed E-state index contributed by atoms with van der Waals surface area (Å²) in [5.41, 5.74) is 2.34. The van der Waals surface area contributed by atoms with Crippen LogP contribution in [0.1, 0.15) is 36.8 Å². The molecule has 0 aliphatic carbocycles. The zero-order valence-electron chi connectivity index (χ0n) is 16.2. The highest BCUT2D eigenvalue weighted by Crippen LogP contribution is 2.26. The highest BCUT2D eigenvalue weighted by Gasteiger charge is 2.30. The minimum atomic E-state index is -0.0183. The van der Waals surface area contributed by atoms with Crippen molar-refractivity contribution < 1.29 is 9.53 Å². The molecule has 6 heteroatoms. The van der Waals surface area contributed by atoms with Crippen LogP contribution in [0.4, 0.5) is 0 Å². The molecular weight excluding hydrogens is 352 g/mol. The Kier molecular flexibility index (Phi) is 6.17. The van der Waals surface area contributed by atoms with Crippen LogP contribution in [0.15, 0.2) is 43.0 Å². The standard InChI is InChI=1S/C22H28N4O2/c27-22-15-28-21-8-4-3-6-18(21)5-1-2-7-19-14-26(10-9-20(19)25-22)13-17-11-23-16-24-12-17/h3-4,6,8,11-12,16,19-20H,1-2,5,7,9-10,13-15H2,(H,25,27)/t19-,20+/m0/s1. The van der Waals surface area contributed by atoms with Crippen LogP contribution in [0.5, 0.6) is 5.75 Å². The van der Waals surface area contributed by atoms with E-state index in [2.05, 4.69) is 26.3 Å². The predicted octanol–water partition coefficient (Wildman–Crippen LogP) is 2.59. The Balaban J connectivity index is 1.41. The van der Waals surface area contributed by atoms with Gasteiger partial charge in [0.15, 0.2) is 6.61 Å². The molecular formula is C22H28N4O2. The number of benzene rings is 1. The first-order valence-corrected chi connectivity index (χ1v) is 10.2. The van der Waals surface area contributed by atoms with Crippen molar-refractivity contribution in [3.63, 3.8) is 0 Å². The van der Waals surface area contributed by atoms with Crippen LogP contribution in [0.3, 0.4) is 0 Å². The number of nitrogens with one attached hydrogen (secondary N) is 1. The van der Waals surface area contributed by atoms with E-state index in [1.807, 2.05) is 30.6 Å². The average molecular weight is 380 g/mol. The van der Waals surface area contributed by atoms with Gasteiger partial charge in [0, 0.05) is 43.6 Å². The van der Waals surface area contributed by atoms with E-state index in [0.29, 0.717) is 5.92 Å². The van der Waals surface area contributed by atoms with Crippen molar-refractivity contribution in [3.05, 3.63) is 54.1 Å². The first-order chi connectivity index (χ1) is 13.8. The fourth-order valence-corrected chi connectivity index (χ4v) is 4.37. The Morgan fingerprint density at radius 3 is 2.89 bits per heavy atom. The third-order valence-corrected chi connectivity index (χ3v) is 5.79. The molecule has 0 unspecified atom stereocenters. The summed E-state index contributed by atoms with van der Waals surface area (Å²) >= 11 is 0. The van der Waals surface area contributed by atoms with Gasteiger partial charge in [0.25, 0.3) is 5.91 Å². The maximum Gasteiger partial charge on any atom is 0.258 e. The second-order valence-corrected chi connectivity index (χ2v) is 7.85. The summed E-state index contributed by atoms with van der Waals surface area (Å²) in [5, 5.41) is 3.24. The van der Waals surface area contributed by atoms with Crippen molar-refractivity contribution in [3.8, 4) is 5.75 Å². The van der Waals surface area contributed by atoms with Gasteiger partial charge in [0.05, 0.1) is 0 Å². The number of likely N-dealkylation sites (tertiary alicyclic amines) is 1. The van der Waals surface area contributed by atoms with Crippen LogP contribution >= 0.6 is 0 Å². The molecule has 2 atom stereocenters. The minimum Gasteiger partial charge on any atom is -0.483 e. The number of carbonyl (C=O) groups excluding carboxylic acids is 1. The van der Waals surface area contributed by atoms with Gasteiger partial charge in [-0.15, -0.1) is 0 Å². The SMILES string of the molecule is O=C1COc2ccccc2CCCC[C@H]2CN(Cc3cncnc3)CC[C@H]2N1. The molecule has 1 fully saturated rings. The van der Waals surface area contributed by atoms with Crippen molar-refractivity contribution >= 4 is 5.91 Å². The van der Waals surface area contributed by atoms with E-state index >= 15 is 0 Å². The number of aromatic nitrogens is 2. The molecule has 1 aromatic heterocycles. The molecule has 1 aromatic carbocycles.